The Bertz CT molecular complexity index is 1400. The van der Waals surface area contributed by atoms with Crippen molar-refractivity contribution in [2.24, 2.45) is 0 Å². The Morgan fingerprint density at radius 2 is 1.64 bits per heavy atom. The standard InChI is InChI=1S/C29H33ClFN3O4S/c1-5-21(3)32-29(36)22(4)33(18-23-7-6-8-24(30)17-23)28(35)19-34(26-13-11-25(31)12-14-26)39(37,38)27-15-9-20(2)10-16-27/h6-17,21-22H,5,18-19H2,1-4H3,(H,32,36)/t21-,22+/m0/s1. The van der Waals surface area contributed by atoms with E-state index < -0.39 is 34.3 Å². The summed E-state index contributed by atoms with van der Waals surface area (Å²) in [4.78, 5) is 28.2. The number of amides is 2. The van der Waals surface area contributed by atoms with Crippen molar-refractivity contribution in [3.05, 3.63) is 94.8 Å². The molecular formula is C29H33ClFN3O4S. The average molecular weight is 574 g/mol. The molecule has 0 radical (unpaired) electrons. The van der Waals surface area contributed by atoms with Gasteiger partial charge in [0.2, 0.25) is 11.8 Å². The molecule has 2 atom stereocenters. The normalized spacial score (nSPS) is 12.9. The summed E-state index contributed by atoms with van der Waals surface area (Å²) in [5.74, 6) is -1.52. The number of nitrogens with zero attached hydrogens (tertiary/aromatic N) is 2. The second-order valence-electron chi connectivity index (χ2n) is 9.45. The molecule has 3 aromatic rings. The molecule has 1 N–H and O–H groups in total. The van der Waals surface area contributed by atoms with Gasteiger partial charge in [-0.15, -0.1) is 0 Å². The second kappa shape index (κ2) is 13.1. The molecule has 2 amide bonds. The molecule has 0 saturated carbocycles. The Morgan fingerprint density at radius 1 is 1.00 bits per heavy atom. The average Bonchev–Trinajstić information content (AvgIpc) is 2.90. The molecule has 0 spiro atoms. The van der Waals surface area contributed by atoms with Gasteiger partial charge in [-0.25, -0.2) is 12.8 Å². The van der Waals surface area contributed by atoms with Crippen molar-refractivity contribution < 1.29 is 22.4 Å². The van der Waals surface area contributed by atoms with Gasteiger partial charge in [0.1, 0.15) is 18.4 Å². The molecule has 0 fully saturated rings. The Hall–Kier alpha value is -3.43. The Kier molecular flexibility index (Phi) is 10.1. The third-order valence-corrected chi connectivity index (χ3v) is 8.44. The number of sulfonamides is 1. The highest BCUT2D eigenvalue weighted by atomic mass is 35.5. The number of nitrogens with one attached hydrogen (secondary N) is 1. The molecule has 39 heavy (non-hydrogen) atoms. The zero-order valence-electron chi connectivity index (χ0n) is 22.4. The topological polar surface area (TPSA) is 86.8 Å². The zero-order chi connectivity index (χ0) is 28.7. The first kappa shape index (κ1) is 30.1. The van der Waals surface area contributed by atoms with Crippen LogP contribution in [0.4, 0.5) is 10.1 Å². The Morgan fingerprint density at radius 3 is 2.23 bits per heavy atom. The number of rotatable bonds is 11. The zero-order valence-corrected chi connectivity index (χ0v) is 24.0. The third kappa shape index (κ3) is 7.80. The van der Waals surface area contributed by atoms with Crippen molar-refractivity contribution in [2.75, 3.05) is 10.8 Å². The van der Waals surface area contributed by atoms with Crippen molar-refractivity contribution in [1.29, 1.82) is 0 Å². The Labute approximate surface area is 234 Å². The maximum Gasteiger partial charge on any atom is 0.264 e. The number of carbonyl (C=O) groups excluding carboxylic acids is 2. The first-order chi connectivity index (χ1) is 18.4. The van der Waals surface area contributed by atoms with Crippen LogP contribution in [0.2, 0.25) is 5.02 Å². The van der Waals surface area contributed by atoms with E-state index >= 15 is 0 Å². The van der Waals surface area contributed by atoms with Gasteiger partial charge in [0, 0.05) is 17.6 Å². The van der Waals surface area contributed by atoms with E-state index in [0.717, 1.165) is 22.0 Å². The van der Waals surface area contributed by atoms with Gasteiger partial charge in [0.05, 0.1) is 10.6 Å². The van der Waals surface area contributed by atoms with Crippen LogP contribution in [0.1, 0.15) is 38.3 Å². The van der Waals surface area contributed by atoms with Gasteiger partial charge in [-0.3, -0.25) is 13.9 Å². The van der Waals surface area contributed by atoms with Crippen LogP contribution in [0.3, 0.4) is 0 Å². The van der Waals surface area contributed by atoms with E-state index in [-0.39, 0.29) is 29.1 Å². The van der Waals surface area contributed by atoms with Gasteiger partial charge in [-0.2, -0.15) is 0 Å². The van der Waals surface area contributed by atoms with Crippen molar-refractivity contribution >= 4 is 39.1 Å². The Balaban J connectivity index is 2.02. The van der Waals surface area contributed by atoms with Crippen LogP contribution in [-0.2, 0) is 26.2 Å². The van der Waals surface area contributed by atoms with E-state index in [0.29, 0.717) is 17.0 Å². The maximum absolute atomic E-state index is 13.8. The molecule has 0 heterocycles. The van der Waals surface area contributed by atoms with Crippen LogP contribution in [0.25, 0.3) is 0 Å². The second-order valence-corrected chi connectivity index (χ2v) is 11.7. The minimum absolute atomic E-state index is 0.0193. The fraction of sp³-hybridized carbons (Fsp3) is 0.310. The van der Waals surface area contributed by atoms with E-state index in [1.165, 1.54) is 29.2 Å². The van der Waals surface area contributed by atoms with Gasteiger partial charge in [0.25, 0.3) is 10.0 Å². The number of anilines is 1. The quantitative estimate of drug-likeness (QED) is 0.337. The SMILES string of the molecule is CC[C@H](C)NC(=O)[C@@H](C)N(Cc1cccc(Cl)c1)C(=O)CN(c1ccc(F)cc1)S(=O)(=O)c1ccc(C)cc1. The largest absolute Gasteiger partial charge is 0.352 e. The van der Waals surface area contributed by atoms with E-state index in [9.17, 15) is 22.4 Å². The summed E-state index contributed by atoms with van der Waals surface area (Å²) in [7, 11) is -4.22. The molecule has 0 aliphatic heterocycles. The minimum atomic E-state index is -4.22. The van der Waals surface area contributed by atoms with E-state index in [2.05, 4.69) is 5.32 Å². The summed E-state index contributed by atoms with van der Waals surface area (Å²) in [6.45, 7) is 6.63. The molecule has 208 valence electrons. The van der Waals surface area contributed by atoms with Crippen molar-refractivity contribution in [3.63, 3.8) is 0 Å². The highest BCUT2D eigenvalue weighted by Crippen LogP contribution is 2.25. The predicted molar refractivity (Wildman–Crippen MR) is 151 cm³/mol. The molecule has 3 rings (SSSR count). The highest BCUT2D eigenvalue weighted by Gasteiger charge is 2.32. The molecule has 0 saturated heterocycles. The van der Waals surface area contributed by atoms with Gasteiger partial charge in [-0.05, 0) is 81.3 Å². The molecule has 0 bridgehead atoms. The lowest BCUT2D eigenvalue weighted by atomic mass is 10.1. The monoisotopic (exact) mass is 573 g/mol. The summed E-state index contributed by atoms with van der Waals surface area (Å²) in [5, 5.41) is 3.35. The number of halogens is 2. The lowest BCUT2D eigenvalue weighted by Crippen LogP contribution is -2.52. The number of hydrogen-bond acceptors (Lipinski definition) is 4. The molecule has 0 aliphatic carbocycles. The summed E-state index contributed by atoms with van der Waals surface area (Å²) in [6, 6.07) is 16.9. The van der Waals surface area contributed by atoms with Gasteiger partial charge in [0.15, 0.2) is 0 Å². The van der Waals surface area contributed by atoms with E-state index in [1.807, 2.05) is 20.8 Å². The van der Waals surface area contributed by atoms with Gasteiger partial charge in [-0.1, -0.05) is 48.4 Å². The van der Waals surface area contributed by atoms with E-state index in [1.54, 1.807) is 43.3 Å². The van der Waals surface area contributed by atoms with Gasteiger partial charge >= 0.3 is 0 Å². The van der Waals surface area contributed by atoms with Crippen molar-refractivity contribution in [3.8, 4) is 0 Å². The fourth-order valence-corrected chi connectivity index (χ4v) is 5.48. The smallest absolute Gasteiger partial charge is 0.264 e. The highest BCUT2D eigenvalue weighted by molar-refractivity contribution is 7.92. The molecule has 7 nitrogen and oxygen atoms in total. The molecule has 0 unspecified atom stereocenters. The minimum Gasteiger partial charge on any atom is -0.352 e. The number of carbonyl (C=O) groups is 2. The first-order valence-electron chi connectivity index (χ1n) is 12.6. The third-order valence-electron chi connectivity index (χ3n) is 6.41. The van der Waals surface area contributed by atoms with Crippen LogP contribution in [-0.4, -0.2) is 43.8 Å². The number of benzene rings is 3. The number of aryl methyl sites for hydroxylation is 1. The summed E-state index contributed by atoms with van der Waals surface area (Å²) < 4.78 is 42.1. The van der Waals surface area contributed by atoms with E-state index in [4.69, 9.17) is 11.6 Å². The molecule has 3 aromatic carbocycles. The predicted octanol–water partition coefficient (Wildman–Crippen LogP) is 5.31. The number of hydrogen-bond donors (Lipinski definition) is 1. The van der Waals surface area contributed by atoms with Crippen LogP contribution < -0.4 is 9.62 Å². The van der Waals surface area contributed by atoms with Crippen molar-refractivity contribution in [2.45, 2.75) is 57.6 Å². The molecule has 0 aliphatic rings. The fourth-order valence-electron chi connectivity index (χ4n) is 3.85. The van der Waals surface area contributed by atoms with Crippen molar-refractivity contribution in [1.82, 2.24) is 10.2 Å². The van der Waals surface area contributed by atoms with Gasteiger partial charge < -0.3 is 10.2 Å². The van der Waals surface area contributed by atoms with Crippen LogP contribution in [0, 0.1) is 12.7 Å². The van der Waals surface area contributed by atoms with Crippen LogP contribution >= 0.6 is 11.6 Å². The van der Waals surface area contributed by atoms with Crippen LogP contribution in [0.15, 0.2) is 77.7 Å². The molecule has 0 aromatic heterocycles. The summed E-state index contributed by atoms with van der Waals surface area (Å²) in [5.41, 5.74) is 1.66. The van der Waals surface area contributed by atoms with Crippen LogP contribution in [0.5, 0.6) is 0 Å². The molecule has 10 heteroatoms. The lowest BCUT2D eigenvalue weighted by molar-refractivity contribution is -0.139. The summed E-state index contributed by atoms with van der Waals surface area (Å²) >= 11 is 6.15. The molecular weight excluding hydrogens is 541 g/mol. The summed E-state index contributed by atoms with van der Waals surface area (Å²) in [6.07, 6.45) is 0.702. The first-order valence-corrected chi connectivity index (χ1v) is 14.4. The maximum atomic E-state index is 13.8. The lowest BCUT2D eigenvalue weighted by Gasteiger charge is -2.32.